The minimum Gasteiger partial charge on any atom is -0.340 e. The maximum absolute atomic E-state index is 13.0. The van der Waals surface area contributed by atoms with Crippen molar-refractivity contribution in [2.45, 2.75) is 12.8 Å². The summed E-state index contributed by atoms with van der Waals surface area (Å²) in [5.74, 6) is 1.14. The third-order valence-corrected chi connectivity index (χ3v) is 5.82. The van der Waals surface area contributed by atoms with E-state index in [1.807, 2.05) is 29.2 Å². The van der Waals surface area contributed by atoms with Crippen LogP contribution in [0.25, 0.3) is 11.0 Å². The van der Waals surface area contributed by atoms with Gasteiger partial charge in [0.2, 0.25) is 11.9 Å². The molecular formula is C22H25N5O. The number of carbonyl (C=O) groups is 1. The predicted molar refractivity (Wildman–Crippen MR) is 112 cm³/mol. The molecule has 0 bridgehead atoms. The van der Waals surface area contributed by atoms with Gasteiger partial charge < -0.3 is 14.8 Å². The molecule has 2 aliphatic heterocycles. The van der Waals surface area contributed by atoms with Crippen molar-refractivity contribution in [2.75, 3.05) is 49.1 Å². The highest BCUT2D eigenvalue weighted by Crippen LogP contribution is 2.27. The number of hydrogen-bond donors (Lipinski definition) is 1. The number of carbonyl (C=O) groups excluding carboxylic acids is 1. The summed E-state index contributed by atoms with van der Waals surface area (Å²) >= 11 is 0. The van der Waals surface area contributed by atoms with Crippen LogP contribution in [0.1, 0.15) is 12.0 Å². The number of aromatic amines is 1. The summed E-state index contributed by atoms with van der Waals surface area (Å²) in [5, 5.41) is 0. The van der Waals surface area contributed by atoms with E-state index in [9.17, 15) is 4.79 Å². The van der Waals surface area contributed by atoms with Crippen LogP contribution in [0.5, 0.6) is 0 Å². The minimum absolute atomic E-state index is 0.212. The minimum atomic E-state index is 0.212. The second kappa shape index (κ2) is 7.28. The van der Waals surface area contributed by atoms with Crippen LogP contribution in [0.15, 0.2) is 48.5 Å². The number of aryl methyl sites for hydroxylation is 1. The quantitative estimate of drug-likeness (QED) is 0.765. The molecule has 0 radical (unpaired) electrons. The molecule has 2 aliphatic rings. The lowest BCUT2D eigenvalue weighted by atomic mass is 10.0. The number of amides is 1. The van der Waals surface area contributed by atoms with Crippen molar-refractivity contribution in [3.05, 3.63) is 54.1 Å². The lowest BCUT2D eigenvalue weighted by Crippen LogP contribution is -2.51. The number of imidazole rings is 1. The fraction of sp³-hybridized carbons (Fsp3) is 0.364. The zero-order chi connectivity index (χ0) is 18.9. The zero-order valence-electron chi connectivity index (χ0n) is 16.0. The van der Waals surface area contributed by atoms with Crippen molar-refractivity contribution >= 4 is 28.6 Å². The summed E-state index contributed by atoms with van der Waals surface area (Å²) < 4.78 is 0. The highest BCUT2D eigenvalue weighted by Gasteiger charge is 2.26. The molecule has 28 heavy (non-hydrogen) atoms. The molecule has 6 heteroatoms. The number of H-pyrrole nitrogens is 1. The van der Waals surface area contributed by atoms with E-state index in [1.54, 1.807) is 0 Å². The number of nitrogens with one attached hydrogen (secondary N) is 1. The number of para-hydroxylation sites is 3. The molecule has 0 saturated carbocycles. The van der Waals surface area contributed by atoms with Crippen LogP contribution in [0.3, 0.4) is 0 Å². The third-order valence-electron chi connectivity index (χ3n) is 5.82. The molecule has 1 amide bonds. The van der Waals surface area contributed by atoms with Crippen molar-refractivity contribution in [3.8, 4) is 0 Å². The van der Waals surface area contributed by atoms with Gasteiger partial charge in [0.05, 0.1) is 17.6 Å². The molecule has 5 rings (SSSR count). The van der Waals surface area contributed by atoms with Crippen molar-refractivity contribution in [3.63, 3.8) is 0 Å². The highest BCUT2D eigenvalue weighted by molar-refractivity contribution is 5.96. The van der Waals surface area contributed by atoms with Crippen LogP contribution in [-0.2, 0) is 11.2 Å². The molecule has 0 spiro atoms. The first kappa shape index (κ1) is 17.3. The Morgan fingerprint density at radius 2 is 1.75 bits per heavy atom. The van der Waals surface area contributed by atoms with Crippen LogP contribution < -0.4 is 9.80 Å². The number of aromatic nitrogens is 2. The molecule has 0 atom stereocenters. The molecule has 2 aromatic carbocycles. The van der Waals surface area contributed by atoms with Gasteiger partial charge >= 0.3 is 0 Å². The number of hydrogen-bond acceptors (Lipinski definition) is 4. The monoisotopic (exact) mass is 375 g/mol. The van der Waals surface area contributed by atoms with Crippen LogP contribution in [0.2, 0.25) is 0 Å². The highest BCUT2D eigenvalue weighted by atomic mass is 16.2. The van der Waals surface area contributed by atoms with Crippen LogP contribution in [0, 0.1) is 0 Å². The van der Waals surface area contributed by atoms with Crippen LogP contribution in [0.4, 0.5) is 11.6 Å². The molecular weight excluding hydrogens is 350 g/mol. The second-order valence-electron chi connectivity index (χ2n) is 7.62. The van der Waals surface area contributed by atoms with E-state index >= 15 is 0 Å². The summed E-state index contributed by atoms with van der Waals surface area (Å²) in [5.41, 5.74) is 4.45. The zero-order valence-corrected chi connectivity index (χ0v) is 16.0. The Kier molecular flexibility index (Phi) is 4.49. The Labute approximate surface area is 164 Å². The van der Waals surface area contributed by atoms with E-state index in [0.29, 0.717) is 6.54 Å². The topological polar surface area (TPSA) is 55.5 Å². The van der Waals surface area contributed by atoms with Gasteiger partial charge in [-0.3, -0.25) is 9.69 Å². The maximum atomic E-state index is 13.0. The van der Waals surface area contributed by atoms with Gasteiger partial charge in [-0.15, -0.1) is 0 Å². The van der Waals surface area contributed by atoms with E-state index in [4.69, 9.17) is 4.98 Å². The molecule has 6 nitrogen and oxygen atoms in total. The Bertz CT molecular complexity index is 956. The molecule has 1 N–H and O–H groups in total. The lowest BCUT2D eigenvalue weighted by molar-refractivity contribution is -0.119. The van der Waals surface area contributed by atoms with Crippen molar-refractivity contribution < 1.29 is 4.79 Å². The third kappa shape index (κ3) is 3.24. The molecule has 0 unspecified atom stereocenters. The number of fused-ring (bicyclic) bond motifs is 2. The van der Waals surface area contributed by atoms with Gasteiger partial charge in [-0.2, -0.15) is 0 Å². The van der Waals surface area contributed by atoms with E-state index in [-0.39, 0.29) is 5.91 Å². The summed E-state index contributed by atoms with van der Waals surface area (Å²) in [4.78, 5) is 27.6. The fourth-order valence-corrected chi connectivity index (χ4v) is 4.28. The van der Waals surface area contributed by atoms with Gasteiger partial charge in [0.25, 0.3) is 0 Å². The van der Waals surface area contributed by atoms with Gasteiger partial charge in [-0.1, -0.05) is 30.3 Å². The summed E-state index contributed by atoms with van der Waals surface area (Å²) in [6, 6.07) is 16.4. The fourth-order valence-electron chi connectivity index (χ4n) is 4.28. The van der Waals surface area contributed by atoms with Gasteiger partial charge in [-0.25, -0.2) is 4.98 Å². The van der Waals surface area contributed by atoms with Crippen molar-refractivity contribution in [1.29, 1.82) is 0 Å². The first-order valence-corrected chi connectivity index (χ1v) is 10.1. The Morgan fingerprint density at radius 1 is 0.964 bits per heavy atom. The van der Waals surface area contributed by atoms with E-state index in [2.05, 4.69) is 39.0 Å². The molecule has 1 fully saturated rings. The number of anilines is 2. The van der Waals surface area contributed by atoms with Crippen molar-refractivity contribution in [1.82, 2.24) is 14.9 Å². The summed E-state index contributed by atoms with van der Waals surface area (Å²) in [7, 11) is 0. The van der Waals surface area contributed by atoms with Gasteiger partial charge in [0.15, 0.2) is 0 Å². The molecule has 144 valence electrons. The summed E-state index contributed by atoms with van der Waals surface area (Å²) in [6.45, 7) is 4.82. The normalized spacial score (nSPS) is 17.7. The largest absolute Gasteiger partial charge is 0.340 e. The van der Waals surface area contributed by atoms with Crippen molar-refractivity contribution in [2.24, 2.45) is 0 Å². The summed E-state index contributed by atoms with van der Waals surface area (Å²) in [6.07, 6.45) is 2.11. The number of nitrogens with zero attached hydrogens (tertiary/aromatic N) is 4. The standard InChI is InChI=1S/C22H25N5O/c28-21(27-11-5-7-17-6-1-4-10-20(17)27)16-25-12-14-26(15-13-25)22-23-18-8-2-3-9-19(18)24-22/h1-4,6,8-10H,5,7,11-16H2,(H,23,24). The Balaban J connectivity index is 1.21. The molecule has 3 aromatic rings. The SMILES string of the molecule is O=C(CN1CCN(c2nc3ccccc3[nH]2)CC1)N1CCCc2ccccc21. The predicted octanol–water partition coefficient (Wildman–Crippen LogP) is 2.66. The van der Waals surface area contributed by atoms with Gasteiger partial charge in [0, 0.05) is 38.4 Å². The number of piperazine rings is 1. The van der Waals surface area contributed by atoms with Crippen LogP contribution >= 0.6 is 0 Å². The van der Waals surface area contributed by atoms with E-state index in [1.165, 1.54) is 5.56 Å². The molecule has 0 aliphatic carbocycles. The van der Waals surface area contributed by atoms with Gasteiger partial charge in [-0.05, 0) is 36.6 Å². The van der Waals surface area contributed by atoms with Gasteiger partial charge in [0.1, 0.15) is 0 Å². The second-order valence-corrected chi connectivity index (χ2v) is 7.62. The van der Waals surface area contributed by atoms with E-state index in [0.717, 1.165) is 68.2 Å². The first-order valence-electron chi connectivity index (χ1n) is 10.1. The average molecular weight is 375 g/mol. The number of benzene rings is 2. The molecule has 3 heterocycles. The smallest absolute Gasteiger partial charge is 0.241 e. The Morgan fingerprint density at radius 3 is 2.61 bits per heavy atom. The molecule has 1 aromatic heterocycles. The van der Waals surface area contributed by atoms with E-state index < -0.39 is 0 Å². The lowest BCUT2D eigenvalue weighted by Gasteiger charge is -2.36. The maximum Gasteiger partial charge on any atom is 0.241 e. The average Bonchev–Trinajstić information content (AvgIpc) is 3.18. The molecule has 1 saturated heterocycles. The Hall–Kier alpha value is -2.86. The first-order chi connectivity index (χ1) is 13.8. The number of rotatable bonds is 3. The van der Waals surface area contributed by atoms with Crippen LogP contribution in [-0.4, -0.2) is 60.0 Å².